The summed E-state index contributed by atoms with van der Waals surface area (Å²) in [6.45, 7) is 3.36. The summed E-state index contributed by atoms with van der Waals surface area (Å²) in [4.78, 5) is 12.4. The van der Waals surface area contributed by atoms with Crippen molar-refractivity contribution < 1.29 is 22.7 Å². The largest absolute Gasteiger partial charge is 0.495 e. The molecule has 3 aromatic carbocycles. The molecule has 7 nitrogen and oxygen atoms in total. The second kappa shape index (κ2) is 9.93. The van der Waals surface area contributed by atoms with Gasteiger partial charge < -0.3 is 14.8 Å². The van der Waals surface area contributed by atoms with Crippen LogP contribution in [0.15, 0.2) is 65.6 Å². The molecule has 0 atom stereocenters. The second-order valence-corrected chi connectivity index (χ2v) is 9.20. The van der Waals surface area contributed by atoms with E-state index >= 15 is 0 Å². The number of sulfonamides is 1. The number of benzene rings is 3. The van der Waals surface area contributed by atoms with Gasteiger partial charge in [-0.25, -0.2) is 8.42 Å². The Balaban J connectivity index is 1.65. The fraction of sp³-hybridized carbons (Fsp3) is 0.174. The molecule has 0 spiro atoms. The van der Waals surface area contributed by atoms with Gasteiger partial charge >= 0.3 is 0 Å². The fourth-order valence-corrected chi connectivity index (χ4v) is 4.21. The van der Waals surface area contributed by atoms with Gasteiger partial charge in [0, 0.05) is 10.7 Å². The van der Waals surface area contributed by atoms with Crippen LogP contribution >= 0.6 is 11.6 Å². The summed E-state index contributed by atoms with van der Waals surface area (Å²) in [5, 5.41) is 3.13. The maximum atomic E-state index is 12.7. The monoisotopic (exact) mass is 474 g/mol. The van der Waals surface area contributed by atoms with E-state index in [2.05, 4.69) is 10.0 Å². The van der Waals surface area contributed by atoms with E-state index in [1.807, 2.05) is 19.1 Å². The molecule has 3 rings (SSSR count). The molecule has 9 heteroatoms. The average molecular weight is 475 g/mol. The third-order valence-electron chi connectivity index (χ3n) is 4.55. The van der Waals surface area contributed by atoms with Crippen LogP contribution in [-0.2, 0) is 14.8 Å². The Bertz CT molecular complexity index is 1230. The number of ether oxygens (including phenoxy) is 2. The van der Waals surface area contributed by atoms with Crippen molar-refractivity contribution in [2.24, 2.45) is 0 Å². The van der Waals surface area contributed by atoms with Gasteiger partial charge in [-0.3, -0.25) is 9.52 Å². The van der Waals surface area contributed by atoms with Crippen LogP contribution in [0.5, 0.6) is 11.5 Å². The SMILES string of the molecule is COc1ccc(Cl)cc1NC(=O)COc1ccc(S(=O)(=O)Nc2ccc(C)cc2)cc1C. The van der Waals surface area contributed by atoms with E-state index in [4.69, 9.17) is 21.1 Å². The Morgan fingerprint density at radius 1 is 0.969 bits per heavy atom. The number of aryl methyl sites for hydroxylation is 2. The van der Waals surface area contributed by atoms with Crippen molar-refractivity contribution in [1.82, 2.24) is 0 Å². The van der Waals surface area contributed by atoms with Crippen molar-refractivity contribution in [2.45, 2.75) is 18.7 Å². The van der Waals surface area contributed by atoms with E-state index in [1.54, 1.807) is 37.3 Å². The van der Waals surface area contributed by atoms with Gasteiger partial charge in [-0.15, -0.1) is 0 Å². The van der Waals surface area contributed by atoms with E-state index < -0.39 is 15.9 Å². The van der Waals surface area contributed by atoms with Crippen LogP contribution in [-0.4, -0.2) is 28.0 Å². The number of hydrogen-bond donors (Lipinski definition) is 2. The van der Waals surface area contributed by atoms with Crippen molar-refractivity contribution in [3.05, 3.63) is 76.8 Å². The normalized spacial score (nSPS) is 11.0. The second-order valence-electron chi connectivity index (χ2n) is 7.08. The number of anilines is 2. The first kappa shape index (κ1) is 23.4. The topological polar surface area (TPSA) is 93.7 Å². The molecule has 168 valence electrons. The zero-order chi connectivity index (χ0) is 23.3. The molecular formula is C23H23ClN2O5S. The Kier molecular flexibility index (Phi) is 7.27. The highest BCUT2D eigenvalue weighted by Crippen LogP contribution is 2.28. The van der Waals surface area contributed by atoms with E-state index in [0.29, 0.717) is 33.5 Å². The first-order valence-corrected chi connectivity index (χ1v) is 11.5. The highest BCUT2D eigenvalue weighted by molar-refractivity contribution is 7.92. The maximum Gasteiger partial charge on any atom is 0.262 e. The van der Waals surface area contributed by atoms with Crippen LogP contribution < -0.4 is 19.5 Å². The van der Waals surface area contributed by atoms with Gasteiger partial charge in [0.05, 0.1) is 17.7 Å². The minimum atomic E-state index is -3.76. The number of carbonyl (C=O) groups is 1. The minimum Gasteiger partial charge on any atom is -0.495 e. The van der Waals surface area contributed by atoms with Crippen LogP contribution in [0.3, 0.4) is 0 Å². The molecule has 0 radical (unpaired) electrons. The molecule has 0 aliphatic heterocycles. The van der Waals surface area contributed by atoms with Gasteiger partial charge in [0.15, 0.2) is 6.61 Å². The van der Waals surface area contributed by atoms with Crippen LogP contribution in [0.2, 0.25) is 5.02 Å². The summed E-state index contributed by atoms with van der Waals surface area (Å²) in [6, 6.07) is 16.4. The van der Waals surface area contributed by atoms with Crippen LogP contribution in [0.25, 0.3) is 0 Å². The number of rotatable bonds is 8. The number of methoxy groups -OCH3 is 1. The molecule has 0 saturated carbocycles. The summed E-state index contributed by atoms with van der Waals surface area (Å²) in [5.41, 5.74) is 2.50. The number of nitrogens with one attached hydrogen (secondary N) is 2. The van der Waals surface area contributed by atoms with Crippen molar-refractivity contribution >= 4 is 38.9 Å². The summed E-state index contributed by atoms with van der Waals surface area (Å²) < 4.78 is 38.7. The lowest BCUT2D eigenvalue weighted by Gasteiger charge is -2.13. The molecule has 0 fully saturated rings. The molecule has 32 heavy (non-hydrogen) atoms. The van der Waals surface area contributed by atoms with E-state index in [9.17, 15) is 13.2 Å². The molecule has 0 aliphatic carbocycles. The van der Waals surface area contributed by atoms with Gasteiger partial charge in [-0.05, 0) is 67.9 Å². The molecule has 0 saturated heterocycles. The molecule has 1 amide bonds. The Morgan fingerprint density at radius 3 is 2.31 bits per heavy atom. The highest BCUT2D eigenvalue weighted by atomic mass is 35.5. The Morgan fingerprint density at radius 2 is 1.66 bits per heavy atom. The van der Waals surface area contributed by atoms with Gasteiger partial charge in [-0.1, -0.05) is 29.3 Å². The summed E-state index contributed by atoms with van der Waals surface area (Å²) in [6.07, 6.45) is 0. The zero-order valence-corrected chi connectivity index (χ0v) is 19.4. The van der Waals surface area contributed by atoms with Gasteiger partial charge in [-0.2, -0.15) is 0 Å². The quantitative estimate of drug-likeness (QED) is 0.490. The highest BCUT2D eigenvalue weighted by Gasteiger charge is 2.16. The lowest BCUT2D eigenvalue weighted by atomic mass is 10.2. The minimum absolute atomic E-state index is 0.0936. The first-order chi connectivity index (χ1) is 15.2. The standard InChI is InChI=1S/C23H23ClN2O5S/c1-15-4-7-18(8-5-15)26-32(28,29)19-9-11-21(16(2)12-19)31-14-23(27)25-20-13-17(24)6-10-22(20)30-3/h4-13,26H,14H2,1-3H3,(H,25,27). The fourth-order valence-electron chi connectivity index (χ4n) is 2.89. The van der Waals surface area contributed by atoms with E-state index in [1.165, 1.54) is 25.3 Å². The molecule has 0 bridgehead atoms. The number of hydrogen-bond acceptors (Lipinski definition) is 5. The first-order valence-electron chi connectivity index (χ1n) is 9.64. The molecular weight excluding hydrogens is 452 g/mol. The van der Waals surface area contributed by atoms with Crippen molar-refractivity contribution in [3.63, 3.8) is 0 Å². The lowest BCUT2D eigenvalue weighted by Crippen LogP contribution is -2.21. The summed E-state index contributed by atoms with van der Waals surface area (Å²) in [7, 11) is -2.27. The maximum absolute atomic E-state index is 12.7. The molecule has 0 heterocycles. The predicted octanol–water partition coefficient (Wildman–Crippen LogP) is 4.78. The molecule has 0 unspecified atom stereocenters. The van der Waals surface area contributed by atoms with Crippen molar-refractivity contribution in [1.29, 1.82) is 0 Å². The molecule has 0 aliphatic rings. The molecule has 2 N–H and O–H groups in total. The lowest BCUT2D eigenvalue weighted by molar-refractivity contribution is -0.118. The Hall–Kier alpha value is -3.23. The third kappa shape index (κ3) is 5.93. The van der Waals surface area contributed by atoms with Crippen LogP contribution in [0, 0.1) is 13.8 Å². The van der Waals surface area contributed by atoms with Crippen molar-refractivity contribution in [3.8, 4) is 11.5 Å². The number of amides is 1. The van der Waals surface area contributed by atoms with Crippen LogP contribution in [0.4, 0.5) is 11.4 Å². The summed E-state index contributed by atoms with van der Waals surface area (Å²) >= 11 is 5.97. The number of halogens is 1. The average Bonchev–Trinajstić information content (AvgIpc) is 2.74. The Labute approximate surface area is 192 Å². The van der Waals surface area contributed by atoms with Gasteiger partial charge in [0.2, 0.25) is 0 Å². The summed E-state index contributed by atoms with van der Waals surface area (Å²) in [5.74, 6) is 0.449. The van der Waals surface area contributed by atoms with Crippen LogP contribution in [0.1, 0.15) is 11.1 Å². The zero-order valence-electron chi connectivity index (χ0n) is 17.8. The van der Waals surface area contributed by atoms with E-state index in [-0.39, 0.29) is 11.5 Å². The predicted molar refractivity (Wildman–Crippen MR) is 125 cm³/mol. The molecule has 3 aromatic rings. The van der Waals surface area contributed by atoms with Crippen molar-refractivity contribution in [2.75, 3.05) is 23.8 Å². The smallest absolute Gasteiger partial charge is 0.262 e. The van der Waals surface area contributed by atoms with E-state index in [0.717, 1.165) is 5.56 Å². The van der Waals surface area contributed by atoms with Gasteiger partial charge in [0.1, 0.15) is 11.5 Å². The molecule has 0 aromatic heterocycles. The van der Waals surface area contributed by atoms with Gasteiger partial charge in [0.25, 0.3) is 15.9 Å². The number of carbonyl (C=O) groups excluding carboxylic acids is 1. The third-order valence-corrected chi connectivity index (χ3v) is 6.17.